The highest BCUT2D eigenvalue weighted by molar-refractivity contribution is 6.31. The van der Waals surface area contributed by atoms with Crippen LogP contribution in [0.2, 0.25) is 5.02 Å². The fourth-order valence-corrected chi connectivity index (χ4v) is 3.53. The Morgan fingerprint density at radius 3 is 2.55 bits per heavy atom. The van der Waals surface area contributed by atoms with Crippen LogP contribution in [-0.4, -0.2) is 18.4 Å². The standard InChI is InChI=1S/C18H23ClO3/c1-3-22-18(21)14-9-5-4-8-13(14)17(20)11-15-12(2)7-6-10-16(15)19/h6-7,10,13-14H,3-5,8-9,11H2,1-2H3. The Kier molecular flexibility index (Phi) is 6.01. The molecular formula is C18H23ClO3. The van der Waals surface area contributed by atoms with Gasteiger partial charge in [0.2, 0.25) is 0 Å². The highest BCUT2D eigenvalue weighted by Crippen LogP contribution is 2.33. The normalized spacial score (nSPS) is 21.4. The topological polar surface area (TPSA) is 43.4 Å². The maximum Gasteiger partial charge on any atom is 0.309 e. The minimum Gasteiger partial charge on any atom is -0.466 e. The first-order chi connectivity index (χ1) is 10.5. The predicted octanol–water partition coefficient (Wildman–Crippen LogP) is 4.13. The van der Waals surface area contributed by atoms with E-state index in [2.05, 4.69) is 0 Å². The molecule has 0 heterocycles. The van der Waals surface area contributed by atoms with E-state index in [0.29, 0.717) is 18.1 Å². The largest absolute Gasteiger partial charge is 0.466 e. The number of ketones is 1. The Morgan fingerprint density at radius 2 is 1.91 bits per heavy atom. The first kappa shape index (κ1) is 17.0. The van der Waals surface area contributed by atoms with E-state index in [1.54, 1.807) is 13.0 Å². The Balaban J connectivity index is 2.14. The van der Waals surface area contributed by atoms with Crippen molar-refractivity contribution in [1.82, 2.24) is 0 Å². The predicted molar refractivity (Wildman–Crippen MR) is 87.0 cm³/mol. The first-order valence-corrected chi connectivity index (χ1v) is 8.35. The lowest BCUT2D eigenvalue weighted by molar-refractivity contribution is -0.153. The molecule has 1 fully saturated rings. The first-order valence-electron chi connectivity index (χ1n) is 7.98. The summed E-state index contributed by atoms with van der Waals surface area (Å²) in [6.07, 6.45) is 3.79. The van der Waals surface area contributed by atoms with E-state index in [1.165, 1.54) is 0 Å². The second-order valence-corrected chi connectivity index (χ2v) is 6.34. The van der Waals surface area contributed by atoms with Crippen LogP contribution in [0.4, 0.5) is 0 Å². The monoisotopic (exact) mass is 322 g/mol. The number of hydrogen-bond acceptors (Lipinski definition) is 3. The van der Waals surface area contributed by atoms with Gasteiger partial charge in [-0.3, -0.25) is 9.59 Å². The molecule has 0 N–H and O–H groups in total. The van der Waals surface area contributed by atoms with Crippen molar-refractivity contribution in [3.05, 3.63) is 34.3 Å². The van der Waals surface area contributed by atoms with Crippen LogP contribution in [0.1, 0.15) is 43.7 Å². The molecule has 0 radical (unpaired) electrons. The molecule has 22 heavy (non-hydrogen) atoms. The molecule has 0 spiro atoms. The van der Waals surface area contributed by atoms with Gasteiger partial charge in [-0.1, -0.05) is 36.6 Å². The quantitative estimate of drug-likeness (QED) is 0.765. The summed E-state index contributed by atoms with van der Waals surface area (Å²) >= 11 is 6.22. The average molecular weight is 323 g/mol. The van der Waals surface area contributed by atoms with E-state index < -0.39 is 0 Å². The van der Waals surface area contributed by atoms with Crippen molar-refractivity contribution >= 4 is 23.4 Å². The molecule has 1 aliphatic rings. The van der Waals surface area contributed by atoms with E-state index in [9.17, 15) is 9.59 Å². The van der Waals surface area contributed by atoms with E-state index in [0.717, 1.165) is 36.8 Å². The summed E-state index contributed by atoms with van der Waals surface area (Å²) in [4.78, 5) is 24.8. The molecule has 1 aromatic rings. The van der Waals surface area contributed by atoms with Gasteiger partial charge in [0, 0.05) is 17.4 Å². The third-order valence-electron chi connectivity index (χ3n) is 4.47. The van der Waals surface area contributed by atoms with Crippen molar-refractivity contribution in [2.75, 3.05) is 6.61 Å². The zero-order chi connectivity index (χ0) is 16.1. The van der Waals surface area contributed by atoms with Crippen molar-refractivity contribution in [3.63, 3.8) is 0 Å². The highest BCUT2D eigenvalue weighted by Gasteiger charge is 2.36. The Hall–Kier alpha value is -1.35. The third-order valence-corrected chi connectivity index (χ3v) is 4.83. The zero-order valence-electron chi connectivity index (χ0n) is 13.2. The number of esters is 1. The molecule has 0 aliphatic heterocycles. The summed E-state index contributed by atoms with van der Waals surface area (Å²) in [7, 11) is 0. The van der Waals surface area contributed by atoms with Gasteiger partial charge in [0.05, 0.1) is 12.5 Å². The Labute approximate surface area is 137 Å². The summed E-state index contributed by atoms with van der Waals surface area (Å²) in [6.45, 7) is 4.11. The van der Waals surface area contributed by atoms with Crippen LogP contribution in [0.15, 0.2) is 18.2 Å². The molecule has 0 amide bonds. The van der Waals surface area contributed by atoms with Gasteiger partial charge < -0.3 is 4.74 Å². The number of rotatable bonds is 5. The van der Waals surface area contributed by atoms with Crippen molar-refractivity contribution in [1.29, 1.82) is 0 Å². The number of carbonyl (C=O) groups is 2. The van der Waals surface area contributed by atoms with Gasteiger partial charge in [0.25, 0.3) is 0 Å². The number of halogens is 1. The maximum absolute atomic E-state index is 12.7. The minimum atomic E-state index is -0.288. The van der Waals surface area contributed by atoms with Gasteiger partial charge in [0.15, 0.2) is 0 Å². The van der Waals surface area contributed by atoms with Crippen LogP contribution >= 0.6 is 11.6 Å². The number of benzene rings is 1. The molecule has 0 saturated heterocycles. The zero-order valence-corrected chi connectivity index (χ0v) is 14.0. The van der Waals surface area contributed by atoms with E-state index in [1.807, 2.05) is 19.1 Å². The van der Waals surface area contributed by atoms with Crippen molar-refractivity contribution in [2.24, 2.45) is 11.8 Å². The number of Topliss-reactive ketones (excluding diaryl/α,β-unsaturated/α-hetero) is 1. The fraction of sp³-hybridized carbons (Fsp3) is 0.556. The Morgan fingerprint density at radius 1 is 1.23 bits per heavy atom. The molecule has 4 heteroatoms. The molecule has 1 saturated carbocycles. The molecule has 0 bridgehead atoms. The summed E-state index contributed by atoms with van der Waals surface area (Å²) in [6, 6.07) is 5.65. The molecule has 2 rings (SSSR count). The average Bonchev–Trinajstić information content (AvgIpc) is 2.51. The van der Waals surface area contributed by atoms with Crippen LogP contribution in [-0.2, 0) is 20.7 Å². The molecule has 1 aromatic carbocycles. The second-order valence-electron chi connectivity index (χ2n) is 5.93. The lowest BCUT2D eigenvalue weighted by atomic mass is 9.75. The van der Waals surface area contributed by atoms with E-state index in [4.69, 9.17) is 16.3 Å². The van der Waals surface area contributed by atoms with Gasteiger partial charge in [-0.2, -0.15) is 0 Å². The number of aryl methyl sites for hydroxylation is 1. The van der Waals surface area contributed by atoms with Crippen LogP contribution in [0.25, 0.3) is 0 Å². The van der Waals surface area contributed by atoms with E-state index >= 15 is 0 Å². The summed E-state index contributed by atoms with van der Waals surface area (Å²) < 4.78 is 5.14. The van der Waals surface area contributed by atoms with Crippen LogP contribution in [0.5, 0.6) is 0 Å². The smallest absolute Gasteiger partial charge is 0.309 e. The lowest BCUT2D eigenvalue weighted by Crippen LogP contribution is -2.34. The third kappa shape index (κ3) is 3.89. The fourth-order valence-electron chi connectivity index (χ4n) is 3.24. The minimum absolute atomic E-state index is 0.106. The molecule has 120 valence electrons. The van der Waals surface area contributed by atoms with Crippen molar-refractivity contribution in [2.45, 2.75) is 46.0 Å². The van der Waals surface area contributed by atoms with Crippen molar-refractivity contribution in [3.8, 4) is 0 Å². The Bertz CT molecular complexity index is 533. The number of ether oxygens (including phenoxy) is 1. The highest BCUT2D eigenvalue weighted by atomic mass is 35.5. The summed E-state index contributed by atoms with van der Waals surface area (Å²) in [5, 5.41) is 0.622. The van der Waals surface area contributed by atoms with Crippen LogP contribution in [0, 0.1) is 18.8 Å². The SMILES string of the molecule is CCOC(=O)C1CCCCC1C(=O)Cc1c(C)cccc1Cl. The molecule has 1 aliphatic carbocycles. The maximum atomic E-state index is 12.7. The van der Waals surface area contributed by atoms with Gasteiger partial charge in [-0.05, 0) is 43.9 Å². The van der Waals surface area contributed by atoms with Crippen LogP contribution in [0.3, 0.4) is 0 Å². The number of hydrogen-bond donors (Lipinski definition) is 0. The molecule has 2 atom stereocenters. The van der Waals surface area contributed by atoms with Gasteiger partial charge in [-0.15, -0.1) is 0 Å². The molecular weight excluding hydrogens is 300 g/mol. The van der Waals surface area contributed by atoms with Gasteiger partial charge >= 0.3 is 5.97 Å². The van der Waals surface area contributed by atoms with E-state index in [-0.39, 0.29) is 23.6 Å². The second kappa shape index (κ2) is 7.77. The lowest BCUT2D eigenvalue weighted by Gasteiger charge is -2.29. The molecule has 0 aromatic heterocycles. The van der Waals surface area contributed by atoms with Crippen LogP contribution < -0.4 is 0 Å². The van der Waals surface area contributed by atoms with Crippen molar-refractivity contribution < 1.29 is 14.3 Å². The summed E-state index contributed by atoms with van der Waals surface area (Å²) in [5.41, 5.74) is 1.90. The molecule has 2 unspecified atom stereocenters. The summed E-state index contributed by atoms with van der Waals surface area (Å²) in [5.74, 6) is -0.641. The number of carbonyl (C=O) groups excluding carboxylic acids is 2. The van der Waals surface area contributed by atoms with Gasteiger partial charge in [-0.25, -0.2) is 0 Å². The molecule has 3 nitrogen and oxygen atoms in total. The van der Waals surface area contributed by atoms with Gasteiger partial charge in [0.1, 0.15) is 5.78 Å².